The minimum atomic E-state index is 0.552. The molecule has 0 aliphatic carbocycles. The van der Waals surface area contributed by atoms with Crippen molar-refractivity contribution in [1.82, 2.24) is 15.0 Å². The monoisotopic (exact) mass is 655 g/mol. The standard InChI is InChI=1S/C45H25N3O3/c1-2-10-26(11-3-1)43-46-44(48-45(47-43)34-17-9-16-33-30-14-4-7-19-38(30)51-42(33)34)29-13-8-12-27(22-29)28-20-21-32-36-24-35-31-15-5-6-18-37(31)49-40(35)25-41(36)50-39(32)23-28/h1-25H. The number of furan rings is 3. The number of para-hydroxylation sites is 3. The molecule has 0 aliphatic heterocycles. The molecule has 4 aromatic heterocycles. The van der Waals surface area contributed by atoms with Gasteiger partial charge in [0.2, 0.25) is 0 Å². The molecule has 11 rings (SSSR count). The molecule has 0 fully saturated rings. The maximum absolute atomic E-state index is 6.42. The number of nitrogens with zero attached hydrogens (tertiary/aromatic N) is 3. The number of hydrogen-bond donors (Lipinski definition) is 0. The molecular formula is C45H25N3O3. The molecule has 0 spiro atoms. The molecule has 6 heteroatoms. The van der Waals surface area contributed by atoms with Crippen molar-refractivity contribution in [2.24, 2.45) is 0 Å². The van der Waals surface area contributed by atoms with Crippen LogP contribution in [0.4, 0.5) is 0 Å². The molecule has 238 valence electrons. The van der Waals surface area contributed by atoms with E-state index in [-0.39, 0.29) is 0 Å². The van der Waals surface area contributed by atoms with E-state index in [0.717, 1.165) is 93.6 Å². The molecule has 0 amide bonds. The number of benzene rings is 7. The summed E-state index contributed by atoms with van der Waals surface area (Å²) in [5, 5.41) is 6.39. The summed E-state index contributed by atoms with van der Waals surface area (Å²) in [5.41, 5.74) is 9.55. The first-order chi connectivity index (χ1) is 25.2. The van der Waals surface area contributed by atoms with Crippen LogP contribution in [0.3, 0.4) is 0 Å². The Morgan fingerprint density at radius 3 is 1.67 bits per heavy atom. The second-order valence-electron chi connectivity index (χ2n) is 12.8. The summed E-state index contributed by atoms with van der Waals surface area (Å²) in [4.78, 5) is 15.1. The van der Waals surface area contributed by atoms with Crippen molar-refractivity contribution in [2.75, 3.05) is 0 Å². The van der Waals surface area contributed by atoms with Gasteiger partial charge < -0.3 is 13.3 Å². The minimum absolute atomic E-state index is 0.552. The summed E-state index contributed by atoms with van der Waals surface area (Å²) < 4.78 is 18.9. The molecule has 11 aromatic rings. The van der Waals surface area contributed by atoms with Crippen LogP contribution < -0.4 is 0 Å². The third-order valence-corrected chi connectivity index (χ3v) is 9.74. The van der Waals surface area contributed by atoms with E-state index in [1.54, 1.807) is 0 Å². The van der Waals surface area contributed by atoms with Gasteiger partial charge in [-0.1, -0.05) is 103 Å². The number of hydrogen-bond acceptors (Lipinski definition) is 6. The van der Waals surface area contributed by atoms with Crippen molar-refractivity contribution in [3.8, 4) is 45.3 Å². The Morgan fingerprint density at radius 2 is 0.843 bits per heavy atom. The summed E-state index contributed by atoms with van der Waals surface area (Å²) in [7, 11) is 0. The van der Waals surface area contributed by atoms with Crippen molar-refractivity contribution in [1.29, 1.82) is 0 Å². The van der Waals surface area contributed by atoms with E-state index in [0.29, 0.717) is 17.5 Å². The lowest BCUT2D eigenvalue weighted by molar-refractivity contribution is 0.656. The van der Waals surface area contributed by atoms with Gasteiger partial charge in [-0.2, -0.15) is 0 Å². The Balaban J connectivity index is 1.04. The zero-order valence-corrected chi connectivity index (χ0v) is 27.0. The van der Waals surface area contributed by atoms with Gasteiger partial charge in [-0.25, -0.2) is 15.0 Å². The van der Waals surface area contributed by atoms with E-state index in [9.17, 15) is 0 Å². The second-order valence-corrected chi connectivity index (χ2v) is 12.8. The average Bonchev–Trinajstić information content (AvgIpc) is 3.87. The van der Waals surface area contributed by atoms with Gasteiger partial charge in [-0.15, -0.1) is 0 Å². The zero-order chi connectivity index (χ0) is 33.5. The van der Waals surface area contributed by atoms with Gasteiger partial charge in [0, 0.05) is 49.5 Å². The highest BCUT2D eigenvalue weighted by Crippen LogP contribution is 2.39. The fraction of sp³-hybridized carbons (Fsp3) is 0. The molecule has 0 saturated heterocycles. The van der Waals surface area contributed by atoms with E-state index in [1.807, 2.05) is 97.1 Å². The SMILES string of the molecule is c1ccc(-c2nc(-c3cccc(-c4ccc5c(c4)oc4cc6oc7ccccc7c6cc45)c3)nc(-c3cccc4c3oc3ccccc34)n2)cc1. The molecule has 51 heavy (non-hydrogen) atoms. The Morgan fingerprint density at radius 1 is 0.294 bits per heavy atom. The summed E-state index contributed by atoms with van der Waals surface area (Å²) in [6, 6.07) is 51.2. The molecule has 0 unspecified atom stereocenters. The van der Waals surface area contributed by atoms with Crippen LogP contribution in [0, 0.1) is 0 Å². The van der Waals surface area contributed by atoms with Crippen molar-refractivity contribution in [2.45, 2.75) is 0 Å². The number of aromatic nitrogens is 3. The maximum Gasteiger partial charge on any atom is 0.167 e. The first kappa shape index (κ1) is 27.9. The first-order valence-electron chi connectivity index (χ1n) is 16.8. The normalized spacial score (nSPS) is 11.9. The molecule has 0 saturated carbocycles. The average molecular weight is 656 g/mol. The molecule has 0 radical (unpaired) electrons. The quantitative estimate of drug-likeness (QED) is 0.188. The number of rotatable bonds is 4. The van der Waals surface area contributed by atoms with Gasteiger partial charge in [-0.3, -0.25) is 0 Å². The van der Waals surface area contributed by atoms with Crippen LogP contribution in [-0.2, 0) is 0 Å². The van der Waals surface area contributed by atoms with Crippen LogP contribution in [0.5, 0.6) is 0 Å². The fourth-order valence-electron chi connectivity index (χ4n) is 7.28. The van der Waals surface area contributed by atoms with Crippen LogP contribution in [0.2, 0.25) is 0 Å². The molecule has 0 atom stereocenters. The van der Waals surface area contributed by atoms with Gasteiger partial charge >= 0.3 is 0 Å². The van der Waals surface area contributed by atoms with E-state index in [2.05, 4.69) is 54.6 Å². The predicted molar refractivity (Wildman–Crippen MR) is 203 cm³/mol. The van der Waals surface area contributed by atoms with Crippen molar-refractivity contribution in [3.63, 3.8) is 0 Å². The largest absolute Gasteiger partial charge is 0.456 e. The molecule has 0 aliphatic rings. The van der Waals surface area contributed by atoms with Gasteiger partial charge in [0.05, 0.1) is 5.56 Å². The van der Waals surface area contributed by atoms with E-state index < -0.39 is 0 Å². The topological polar surface area (TPSA) is 78.1 Å². The van der Waals surface area contributed by atoms with Crippen molar-refractivity contribution < 1.29 is 13.3 Å². The van der Waals surface area contributed by atoms with Gasteiger partial charge in [-0.05, 0) is 53.6 Å². The third kappa shape index (κ3) is 4.40. The van der Waals surface area contributed by atoms with E-state index in [4.69, 9.17) is 28.2 Å². The van der Waals surface area contributed by atoms with Gasteiger partial charge in [0.15, 0.2) is 17.5 Å². The summed E-state index contributed by atoms with van der Waals surface area (Å²) in [6.45, 7) is 0. The first-order valence-corrected chi connectivity index (χ1v) is 16.8. The maximum atomic E-state index is 6.42. The highest BCUT2D eigenvalue weighted by molar-refractivity contribution is 6.15. The Kier molecular flexibility index (Phi) is 5.86. The number of fused-ring (bicyclic) bond motifs is 9. The summed E-state index contributed by atoms with van der Waals surface area (Å²) in [5.74, 6) is 1.72. The van der Waals surface area contributed by atoms with Gasteiger partial charge in [0.1, 0.15) is 33.5 Å². The zero-order valence-electron chi connectivity index (χ0n) is 27.0. The highest BCUT2D eigenvalue weighted by Gasteiger charge is 2.19. The van der Waals surface area contributed by atoms with Crippen LogP contribution in [0.15, 0.2) is 165 Å². The molecule has 4 heterocycles. The van der Waals surface area contributed by atoms with Crippen LogP contribution in [0.25, 0.3) is 111 Å². The predicted octanol–water partition coefficient (Wildman–Crippen LogP) is 12.2. The van der Waals surface area contributed by atoms with Crippen molar-refractivity contribution >= 4 is 65.8 Å². The lowest BCUT2D eigenvalue weighted by atomic mass is 10.0. The Labute approximate surface area is 290 Å². The van der Waals surface area contributed by atoms with Gasteiger partial charge in [0.25, 0.3) is 0 Å². The van der Waals surface area contributed by atoms with E-state index in [1.165, 1.54) is 0 Å². The lowest BCUT2D eigenvalue weighted by Gasteiger charge is -2.10. The highest BCUT2D eigenvalue weighted by atomic mass is 16.3. The lowest BCUT2D eigenvalue weighted by Crippen LogP contribution is -2.00. The summed E-state index contributed by atoms with van der Waals surface area (Å²) >= 11 is 0. The Hall–Kier alpha value is -7.05. The second kappa shape index (κ2) is 10.7. The molecular weight excluding hydrogens is 631 g/mol. The molecule has 7 aromatic carbocycles. The third-order valence-electron chi connectivity index (χ3n) is 9.74. The fourth-order valence-corrected chi connectivity index (χ4v) is 7.28. The molecule has 6 nitrogen and oxygen atoms in total. The minimum Gasteiger partial charge on any atom is -0.456 e. The Bertz CT molecular complexity index is 3150. The molecule has 0 bridgehead atoms. The van der Waals surface area contributed by atoms with E-state index >= 15 is 0 Å². The van der Waals surface area contributed by atoms with Crippen LogP contribution in [-0.4, -0.2) is 15.0 Å². The van der Waals surface area contributed by atoms with Crippen LogP contribution in [0.1, 0.15) is 0 Å². The smallest absolute Gasteiger partial charge is 0.167 e. The summed E-state index contributed by atoms with van der Waals surface area (Å²) in [6.07, 6.45) is 0. The molecule has 0 N–H and O–H groups in total. The van der Waals surface area contributed by atoms with Crippen LogP contribution >= 0.6 is 0 Å². The van der Waals surface area contributed by atoms with Crippen molar-refractivity contribution in [3.05, 3.63) is 152 Å².